The van der Waals surface area contributed by atoms with Crippen molar-refractivity contribution in [2.45, 2.75) is 39.5 Å². The number of nitrogens with zero attached hydrogens (tertiary/aromatic N) is 2. The molecule has 0 saturated carbocycles. The van der Waals surface area contributed by atoms with Crippen LogP contribution in [0.1, 0.15) is 49.9 Å². The van der Waals surface area contributed by atoms with E-state index in [2.05, 4.69) is 24.1 Å². The molecule has 0 spiro atoms. The zero-order valence-corrected chi connectivity index (χ0v) is 16.0. The monoisotopic (exact) mass is 357 g/mol. The van der Waals surface area contributed by atoms with Gasteiger partial charge in [-0.2, -0.15) is 0 Å². The Labute approximate surface area is 156 Å². The fourth-order valence-corrected chi connectivity index (χ4v) is 3.75. The van der Waals surface area contributed by atoms with Crippen molar-refractivity contribution in [2.75, 3.05) is 38.0 Å². The van der Waals surface area contributed by atoms with Gasteiger partial charge in [-0.1, -0.05) is 19.9 Å². The van der Waals surface area contributed by atoms with Crippen LogP contribution in [0.2, 0.25) is 0 Å². The molecule has 1 aromatic carbocycles. The third-order valence-electron chi connectivity index (χ3n) is 5.71. The summed E-state index contributed by atoms with van der Waals surface area (Å²) in [5, 5.41) is 2.95. The zero-order valence-electron chi connectivity index (χ0n) is 16.0. The van der Waals surface area contributed by atoms with E-state index in [1.807, 2.05) is 23.1 Å². The van der Waals surface area contributed by atoms with Gasteiger partial charge in [0, 0.05) is 24.3 Å². The fourth-order valence-electron chi connectivity index (χ4n) is 3.75. The van der Waals surface area contributed by atoms with Crippen molar-refractivity contribution in [1.82, 2.24) is 9.80 Å². The Kier molecular flexibility index (Phi) is 6.30. The second-order valence-corrected chi connectivity index (χ2v) is 8.06. The molecule has 2 saturated heterocycles. The summed E-state index contributed by atoms with van der Waals surface area (Å²) < 4.78 is 0. The normalized spacial score (nSPS) is 20.2. The SMILES string of the molecule is CC1CCN(CC(=O)Nc2cccc(C(=O)N3CCC(C)CC3)c2)CC1. The van der Waals surface area contributed by atoms with Gasteiger partial charge in [-0.25, -0.2) is 0 Å². The van der Waals surface area contributed by atoms with E-state index in [4.69, 9.17) is 0 Å². The minimum atomic E-state index is -0.00375. The number of amides is 2. The maximum absolute atomic E-state index is 12.7. The number of anilines is 1. The maximum Gasteiger partial charge on any atom is 0.253 e. The van der Waals surface area contributed by atoms with Gasteiger partial charge in [-0.05, 0) is 68.8 Å². The van der Waals surface area contributed by atoms with Crippen LogP contribution in [0.4, 0.5) is 5.69 Å². The average Bonchev–Trinajstić information content (AvgIpc) is 2.64. The van der Waals surface area contributed by atoms with Gasteiger partial charge < -0.3 is 10.2 Å². The molecule has 0 bridgehead atoms. The molecular weight excluding hydrogens is 326 g/mol. The van der Waals surface area contributed by atoms with E-state index in [0.717, 1.165) is 57.8 Å². The summed E-state index contributed by atoms with van der Waals surface area (Å²) in [5.41, 5.74) is 1.36. The predicted octanol–water partition coefficient (Wildman–Crippen LogP) is 3.23. The average molecular weight is 357 g/mol. The van der Waals surface area contributed by atoms with Crippen molar-refractivity contribution in [3.05, 3.63) is 29.8 Å². The lowest BCUT2D eigenvalue weighted by Crippen LogP contribution is -2.39. The molecule has 0 unspecified atom stereocenters. The quantitative estimate of drug-likeness (QED) is 0.900. The number of hydrogen-bond donors (Lipinski definition) is 1. The molecule has 2 fully saturated rings. The van der Waals surface area contributed by atoms with Crippen LogP contribution >= 0.6 is 0 Å². The number of carbonyl (C=O) groups is 2. The van der Waals surface area contributed by atoms with Crippen molar-refractivity contribution in [1.29, 1.82) is 0 Å². The Morgan fingerprint density at radius 1 is 1.00 bits per heavy atom. The van der Waals surface area contributed by atoms with Gasteiger partial charge >= 0.3 is 0 Å². The van der Waals surface area contributed by atoms with Crippen molar-refractivity contribution in [2.24, 2.45) is 11.8 Å². The minimum Gasteiger partial charge on any atom is -0.339 e. The lowest BCUT2D eigenvalue weighted by Gasteiger charge is -2.30. The summed E-state index contributed by atoms with van der Waals surface area (Å²) >= 11 is 0. The molecule has 3 rings (SSSR count). The Morgan fingerprint density at radius 3 is 2.27 bits per heavy atom. The summed E-state index contributed by atoms with van der Waals surface area (Å²) in [4.78, 5) is 29.2. The van der Waals surface area contributed by atoms with Crippen LogP contribution in [-0.4, -0.2) is 54.3 Å². The first-order valence-electron chi connectivity index (χ1n) is 9.93. The van der Waals surface area contributed by atoms with Crippen LogP contribution in [0, 0.1) is 11.8 Å². The van der Waals surface area contributed by atoms with E-state index >= 15 is 0 Å². The van der Waals surface area contributed by atoms with E-state index in [1.54, 1.807) is 6.07 Å². The second-order valence-electron chi connectivity index (χ2n) is 8.06. The van der Waals surface area contributed by atoms with Crippen molar-refractivity contribution >= 4 is 17.5 Å². The van der Waals surface area contributed by atoms with Gasteiger partial charge in [0.1, 0.15) is 0 Å². The number of benzene rings is 1. The molecule has 2 amide bonds. The highest BCUT2D eigenvalue weighted by Gasteiger charge is 2.22. The van der Waals surface area contributed by atoms with E-state index in [-0.39, 0.29) is 11.8 Å². The highest BCUT2D eigenvalue weighted by molar-refractivity contribution is 5.97. The number of rotatable bonds is 4. The molecule has 5 heteroatoms. The van der Waals surface area contributed by atoms with Crippen molar-refractivity contribution in [3.63, 3.8) is 0 Å². The smallest absolute Gasteiger partial charge is 0.253 e. The van der Waals surface area contributed by atoms with Crippen LogP contribution in [0.3, 0.4) is 0 Å². The molecule has 2 aliphatic heterocycles. The molecule has 0 radical (unpaired) electrons. The molecule has 0 atom stereocenters. The summed E-state index contributed by atoms with van der Waals surface area (Å²) in [6.45, 7) is 8.55. The maximum atomic E-state index is 12.7. The van der Waals surface area contributed by atoms with Crippen LogP contribution in [-0.2, 0) is 4.79 Å². The van der Waals surface area contributed by atoms with Crippen LogP contribution < -0.4 is 5.32 Å². The zero-order chi connectivity index (χ0) is 18.5. The van der Waals surface area contributed by atoms with Gasteiger partial charge in [0.2, 0.25) is 5.91 Å². The lowest BCUT2D eigenvalue weighted by molar-refractivity contribution is -0.117. The lowest BCUT2D eigenvalue weighted by atomic mass is 9.98. The fraction of sp³-hybridized carbons (Fsp3) is 0.619. The van der Waals surface area contributed by atoms with Gasteiger partial charge in [0.25, 0.3) is 5.91 Å². The topological polar surface area (TPSA) is 52.7 Å². The summed E-state index contributed by atoms with van der Waals surface area (Å²) in [6.07, 6.45) is 4.45. The molecule has 26 heavy (non-hydrogen) atoms. The Balaban J connectivity index is 1.55. The van der Waals surface area contributed by atoms with Crippen molar-refractivity contribution < 1.29 is 9.59 Å². The predicted molar refractivity (Wildman–Crippen MR) is 104 cm³/mol. The van der Waals surface area contributed by atoms with E-state index in [9.17, 15) is 9.59 Å². The molecule has 0 aromatic heterocycles. The Morgan fingerprint density at radius 2 is 1.62 bits per heavy atom. The van der Waals surface area contributed by atoms with E-state index in [0.29, 0.717) is 23.7 Å². The standard InChI is InChI=1S/C21H31N3O2/c1-16-6-10-23(11-7-16)15-20(25)22-19-5-3-4-18(14-19)21(26)24-12-8-17(2)9-13-24/h3-5,14,16-17H,6-13,15H2,1-2H3,(H,22,25). The van der Waals surface area contributed by atoms with E-state index < -0.39 is 0 Å². The summed E-state index contributed by atoms with van der Waals surface area (Å²) in [7, 11) is 0. The first-order chi connectivity index (χ1) is 12.5. The molecule has 1 aromatic rings. The molecule has 2 aliphatic rings. The van der Waals surface area contributed by atoms with Gasteiger partial charge in [-0.15, -0.1) is 0 Å². The number of piperidine rings is 2. The van der Waals surface area contributed by atoms with Crippen LogP contribution in [0.15, 0.2) is 24.3 Å². The molecule has 5 nitrogen and oxygen atoms in total. The Bertz CT molecular complexity index is 630. The van der Waals surface area contributed by atoms with Gasteiger partial charge in [-0.3, -0.25) is 14.5 Å². The second kappa shape index (κ2) is 8.67. The molecule has 1 N–H and O–H groups in total. The number of hydrogen-bond acceptors (Lipinski definition) is 3. The number of carbonyl (C=O) groups excluding carboxylic acids is 2. The first-order valence-corrected chi connectivity index (χ1v) is 9.93. The Hall–Kier alpha value is -1.88. The molecule has 0 aliphatic carbocycles. The van der Waals surface area contributed by atoms with Gasteiger partial charge in [0.05, 0.1) is 6.54 Å². The summed E-state index contributed by atoms with van der Waals surface area (Å²) in [5.74, 6) is 1.52. The molecule has 142 valence electrons. The third kappa shape index (κ3) is 5.07. The highest BCUT2D eigenvalue weighted by atomic mass is 16.2. The molecule has 2 heterocycles. The summed E-state index contributed by atoms with van der Waals surface area (Å²) in [6, 6.07) is 7.34. The molecular formula is C21H31N3O2. The van der Waals surface area contributed by atoms with Crippen LogP contribution in [0.5, 0.6) is 0 Å². The minimum absolute atomic E-state index is 0.00375. The van der Waals surface area contributed by atoms with E-state index in [1.165, 1.54) is 0 Å². The number of nitrogens with one attached hydrogen (secondary N) is 1. The van der Waals surface area contributed by atoms with Crippen molar-refractivity contribution in [3.8, 4) is 0 Å². The number of likely N-dealkylation sites (tertiary alicyclic amines) is 2. The third-order valence-corrected chi connectivity index (χ3v) is 5.71. The first kappa shape index (κ1) is 18.9. The van der Waals surface area contributed by atoms with Crippen LogP contribution in [0.25, 0.3) is 0 Å². The highest BCUT2D eigenvalue weighted by Crippen LogP contribution is 2.20. The van der Waals surface area contributed by atoms with Gasteiger partial charge in [0.15, 0.2) is 0 Å². The largest absolute Gasteiger partial charge is 0.339 e.